The first kappa shape index (κ1) is 17.7. The van der Waals surface area contributed by atoms with Crippen LogP contribution in [-0.2, 0) is 36.3 Å². The highest BCUT2D eigenvalue weighted by Crippen LogP contribution is 2.23. The van der Waals surface area contributed by atoms with Crippen LogP contribution in [0, 0.1) is 0 Å². The van der Waals surface area contributed by atoms with Gasteiger partial charge >= 0.3 is 11.8 Å². The van der Waals surface area contributed by atoms with Gasteiger partial charge in [-0.25, -0.2) is 4.98 Å². The summed E-state index contributed by atoms with van der Waals surface area (Å²) in [6, 6.07) is 7.61. The number of amides is 2. The van der Waals surface area contributed by atoms with Gasteiger partial charge in [0, 0.05) is 25.4 Å². The monoisotopic (exact) mass is 378 g/mol. The first-order valence-electron chi connectivity index (χ1n) is 8.72. The summed E-state index contributed by atoms with van der Waals surface area (Å²) in [5, 5.41) is 6.84. The Balaban J connectivity index is 1.44. The number of nitrogens with one attached hydrogen (secondary N) is 2. The fraction of sp³-hybridized carbons (Fsp3) is 0.211. The normalized spacial score (nSPS) is 12.7. The van der Waals surface area contributed by atoms with Crippen LogP contribution in [0.3, 0.4) is 0 Å². The molecule has 0 bridgehead atoms. The lowest BCUT2D eigenvalue weighted by Gasteiger charge is -2.15. The number of hydrogen-bond donors (Lipinski definition) is 2. The molecule has 3 heterocycles. The van der Waals surface area contributed by atoms with Crippen molar-refractivity contribution < 1.29 is 9.59 Å². The van der Waals surface area contributed by atoms with Gasteiger partial charge in [0.05, 0.1) is 36.9 Å². The van der Waals surface area contributed by atoms with Crippen LogP contribution in [0.5, 0.6) is 0 Å². The molecule has 9 nitrogen and oxygen atoms in total. The summed E-state index contributed by atoms with van der Waals surface area (Å²) in [5.74, 6) is -1.40. The van der Waals surface area contributed by atoms with E-state index in [-0.39, 0.29) is 25.2 Å². The molecule has 0 atom stereocenters. The Hall–Kier alpha value is -3.75. The SMILES string of the molecule is Cn1cc(-c2ccccc2CNC(=O)C(=O)N2Cc3nc[nH]c(=O)c3C2)cn1. The van der Waals surface area contributed by atoms with E-state index in [1.165, 1.54) is 11.2 Å². The molecule has 1 aromatic carbocycles. The Morgan fingerprint density at radius 2 is 2.07 bits per heavy atom. The van der Waals surface area contributed by atoms with Crippen molar-refractivity contribution >= 4 is 11.8 Å². The fourth-order valence-corrected chi connectivity index (χ4v) is 3.25. The summed E-state index contributed by atoms with van der Waals surface area (Å²) in [7, 11) is 1.83. The zero-order chi connectivity index (χ0) is 19.7. The molecule has 2 aromatic heterocycles. The molecule has 0 spiro atoms. The van der Waals surface area contributed by atoms with Gasteiger partial charge in [0.25, 0.3) is 5.56 Å². The lowest BCUT2D eigenvalue weighted by atomic mass is 10.0. The number of aryl methyl sites for hydroxylation is 1. The van der Waals surface area contributed by atoms with Crippen LogP contribution >= 0.6 is 0 Å². The molecule has 2 N–H and O–H groups in total. The highest BCUT2D eigenvalue weighted by Gasteiger charge is 2.30. The first-order valence-corrected chi connectivity index (χ1v) is 8.72. The highest BCUT2D eigenvalue weighted by molar-refractivity contribution is 6.35. The summed E-state index contributed by atoms with van der Waals surface area (Å²) in [6.07, 6.45) is 4.93. The van der Waals surface area contributed by atoms with E-state index in [2.05, 4.69) is 20.4 Å². The topological polar surface area (TPSA) is 113 Å². The van der Waals surface area contributed by atoms with Crippen LogP contribution in [0.2, 0.25) is 0 Å². The molecule has 0 saturated heterocycles. The van der Waals surface area contributed by atoms with E-state index in [9.17, 15) is 14.4 Å². The van der Waals surface area contributed by atoms with Gasteiger partial charge in [-0.2, -0.15) is 5.10 Å². The minimum atomic E-state index is -0.717. The van der Waals surface area contributed by atoms with Crippen molar-refractivity contribution in [1.29, 1.82) is 0 Å². The van der Waals surface area contributed by atoms with Gasteiger partial charge in [-0.3, -0.25) is 19.1 Å². The number of benzene rings is 1. The zero-order valence-electron chi connectivity index (χ0n) is 15.2. The molecular formula is C19H18N6O3. The van der Waals surface area contributed by atoms with Gasteiger partial charge in [-0.15, -0.1) is 0 Å². The van der Waals surface area contributed by atoms with E-state index >= 15 is 0 Å². The molecule has 142 valence electrons. The van der Waals surface area contributed by atoms with Crippen molar-refractivity contribution in [3.63, 3.8) is 0 Å². The van der Waals surface area contributed by atoms with Crippen molar-refractivity contribution in [2.75, 3.05) is 0 Å². The molecule has 1 aliphatic rings. The van der Waals surface area contributed by atoms with Gasteiger partial charge in [0.15, 0.2) is 0 Å². The summed E-state index contributed by atoms with van der Waals surface area (Å²) < 4.78 is 1.70. The Morgan fingerprint density at radius 1 is 1.25 bits per heavy atom. The van der Waals surface area contributed by atoms with E-state index < -0.39 is 11.8 Å². The van der Waals surface area contributed by atoms with Gasteiger partial charge in [-0.1, -0.05) is 24.3 Å². The van der Waals surface area contributed by atoms with Crippen molar-refractivity contribution in [3.8, 4) is 11.1 Å². The molecule has 3 aromatic rings. The third kappa shape index (κ3) is 3.29. The van der Waals surface area contributed by atoms with Gasteiger partial charge < -0.3 is 15.2 Å². The molecule has 1 aliphatic heterocycles. The number of aromatic amines is 1. The van der Waals surface area contributed by atoms with Crippen LogP contribution in [0.4, 0.5) is 0 Å². The van der Waals surface area contributed by atoms with Gasteiger partial charge in [0.2, 0.25) is 0 Å². The molecule has 0 radical (unpaired) electrons. The second-order valence-electron chi connectivity index (χ2n) is 6.56. The molecule has 0 saturated carbocycles. The molecule has 28 heavy (non-hydrogen) atoms. The van der Waals surface area contributed by atoms with E-state index in [0.29, 0.717) is 11.3 Å². The molecule has 9 heteroatoms. The maximum atomic E-state index is 12.5. The Bertz CT molecular complexity index is 1120. The number of fused-ring (bicyclic) bond motifs is 1. The average Bonchev–Trinajstić information content (AvgIpc) is 3.33. The minimum Gasteiger partial charge on any atom is -0.344 e. The van der Waals surface area contributed by atoms with Crippen LogP contribution in [0.1, 0.15) is 16.8 Å². The molecule has 0 aliphatic carbocycles. The first-order chi connectivity index (χ1) is 13.5. The lowest BCUT2D eigenvalue weighted by molar-refractivity contribution is -0.146. The van der Waals surface area contributed by atoms with E-state index in [1.807, 2.05) is 37.5 Å². The summed E-state index contributed by atoms with van der Waals surface area (Å²) in [5.41, 5.74) is 3.40. The van der Waals surface area contributed by atoms with Crippen molar-refractivity contribution in [1.82, 2.24) is 30.0 Å². The smallest absolute Gasteiger partial charge is 0.312 e. The number of H-pyrrole nitrogens is 1. The van der Waals surface area contributed by atoms with E-state index in [1.54, 1.807) is 10.9 Å². The molecule has 0 fully saturated rings. The Labute approximate surface area is 160 Å². The van der Waals surface area contributed by atoms with Crippen LogP contribution in [0.25, 0.3) is 11.1 Å². The number of carbonyl (C=O) groups is 2. The number of nitrogens with zero attached hydrogens (tertiary/aromatic N) is 4. The average molecular weight is 378 g/mol. The highest BCUT2D eigenvalue weighted by atomic mass is 16.2. The molecule has 0 unspecified atom stereocenters. The second kappa shape index (κ2) is 7.10. The van der Waals surface area contributed by atoms with Crippen LogP contribution in [0.15, 0.2) is 47.8 Å². The Kier molecular flexibility index (Phi) is 4.48. The van der Waals surface area contributed by atoms with Gasteiger partial charge in [-0.05, 0) is 11.1 Å². The number of carbonyl (C=O) groups excluding carboxylic acids is 2. The Morgan fingerprint density at radius 3 is 2.82 bits per heavy atom. The maximum absolute atomic E-state index is 12.5. The quantitative estimate of drug-likeness (QED) is 0.638. The van der Waals surface area contributed by atoms with Crippen molar-refractivity contribution in [2.45, 2.75) is 19.6 Å². The standard InChI is InChI=1S/C19H18N6O3/c1-24-8-13(7-23-24)14-5-3-2-4-12(14)6-20-18(27)19(28)25-9-15-16(10-25)21-11-22-17(15)26/h2-5,7-8,11H,6,9-10H2,1H3,(H,20,27)(H,21,22,26). The largest absolute Gasteiger partial charge is 0.344 e. The van der Waals surface area contributed by atoms with Crippen LogP contribution < -0.4 is 10.9 Å². The third-order valence-corrected chi connectivity index (χ3v) is 4.68. The molecule has 4 rings (SSSR count). The van der Waals surface area contributed by atoms with Crippen molar-refractivity contribution in [3.05, 3.63) is 70.2 Å². The van der Waals surface area contributed by atoms with Gasteiger partial charge in [0.1, 0.15) is 0 Å². The van der Waals surface area contributed by atoms with E-state index in [0.717, 1.165) is 16.7 Å². The predicted molar refractivity (Wildman–Crippen MR) is 99.6 cm³/mol. The zero-order valence-corrected chi connectivity index (χ0v) is 15.2. The minimum absolute atomic E-state index is 0.0804. The summed E-state index contributed by atoms with van der Waals surface area (Å²) in [4.78, 5) is 44.5. The lowest BCUT2D eigenvalue weighted by Crippen LogP contribution is -2.40. The number of rotatable bonds is 3. The third-order valence-electron chi connectivity index (χ3n) is 4.68. The summed E-state index contributed by atoms with van der Waals surface area (Å²) >= 11 is 0. The number of aromatic nitrogens is 4. The number of hydrogen-bond acceptors (Lipinski definition) is 5. The maximum Gasteiger partial charge on any atom is 0.312 e. The fourth-order valence-electron chi connectivity index (χ4n) is 3.25. The molecular weight excluding hydrogens is 360 g/mol. The predicted octanol–water partition coefficient (Wildman–Crippen LogP) is 0.329. The van der Waals surface area contributed by atoms with E-state index in [4.69, 9.17) is 0 Å². The van der Waals surface area contributed by atoms with Crippen molar-refractivity contribution in [2.24, 2.45) is 7.05 Å². The second-order valence-corrected chi connectivity index (χ2v) is 6.56. The summed E-state index contributed by atoms with van der Waals surface area (Å²) in [6.45, 7) is 0.435. The van der Waals surface area contributed by atoms with Crippen LogP contribution in [-0.4, -0.2) is 36.5 Å². The molecule has 2 amide bonds.